The van der Waals surface area contributed by atoms with Crippen molar-refractivity contribution >= 4 is 0 Å². The van der Waals surface area contributed by atoms with Crippen LogP contribution in [0.15, 0.2) is 18.2 Å². The Morgan fingerprint density at radius 1 is 0.846 bits per heavy atom. The molecule has 2 unspecified atom stereocenters. The third-order valence-corrected chi connectivity index (χ3v) is 8.68. The van der Waals surface area contributed by atoms with Gasteiger partial charge in [0.25, 0.3) is 0 Å². The molecule has 1 aliphatic carbocycles. The second-order valence-electron chi connectivity index (χ2n) is 11.4. The van der Waals surface area contributed by atoms with E-state index in [4.69, 9.17) is 14.2 Å². The monoisotopic (exact) mass is 552 g/mol. The van der Waals surface area contributed by atoms with Crippen LogP contribution in [0.4, 0.5) is 22.0 Å². The molecule has 2 atom stereocenters. The highest BCUT2D eigenvalue weighted by molar-refractivity contribution is 5.55. The summed E-state index contributed by atoms with van der Waals surface area (Å²) in [6, 6.07) is 4.43. The molecule has 39 heavy (non-hydrogen) atoms. The number of halogens is 5. The van der Waals surface area contributed by atoms with Gasteiger partial charge in [-0.1, -0.05) is 45.2 Å². The average molecular weight is 553 g/mol. The predicted molar refractivity (Wildman–Crippen MR) is 138 cm³/mol. The van der Waals surface area contributed by atoms with Crippen LogP contribution in [0.25, 0.3) is 0 Å². The minimum Gasteiger partial charge on any atom is -0.450 e. The van der Waals surface area contributed by atoms with Crippen LogP contribution in [0.2, 0.25) is 0 Å². The third-order valence-electron chi connectivity index (χ3n) is 8.68. The zero-order valence-corrected chi connectivity index (χ0v) is 22.6. The Bertz CT molecular complexity index is 1170. The molecule has 1 saturated heterocycles. The van der Waals surface area contributed by atoms with E-state index in [2.05, 4.69) is 13.8 Å². The van der Waals surface area contributed by atoms with Crippen molar-refractivity contribution in [3.63, 3.8) is 0 Å². The van der Waals surface area contributed by atoms with Crippen molar-refractivity contribution in [1.29, 1.82) is 0 Å². The number of fused-ring (bicyclic) bond motifs is 2. The number of benzene rings is 2. The van der Waals surface area contributed by atoms with Crippen LogP contribution in [0.5, 0.6) is 17.2 Å². The van der Waals surface area contributed by atoms with E-state index < -0.39 is 41.0 Å². The van der Waals surface area contributed by atoms with E-state index in [1.165, 1.54) is 0 Å². The minimum absolute atomic E-state index is 0.00284. The fourth-order valence-electron chi connectivity index (χ4n) is 6.46. The van der Waals surface area contributed by atoms with Gasteiger partial charge in [-0.05, 0) is 62.5 Å². The lowest BCUT2D eigenvalue weighted by Gasteiger charge is -2.33. The van der Waals surface area contributed by atoms with Gasteiger partial charge in [0.1, 0.15) is 0 Å². The zero-order valence-electron chi connectivity index (χ0n) is 22.6. The molecule has 0 spiro atoms. The van der Waals surface area contributed by atoms with E-state index in [-0.39, 0.29) is 42.6 Å². The summed E-state index contributed by atoms with van der Waals surface area (Å²) in [5, 5.41) is 0. The first-order chi connectivity index (χ1) is 18.7. The SMILES string of the molecule is CCCC1CCC(C(F)(F)Oc2cc3c(c(F)c2F)Oc2c(ccc(C4CCC(CCC)OC4)c2F)C3)CC1. The van der Waals surface area contributed by atoms with Crippen molar-refractivity contribution in [2.45, 2.75) is 103 Å². The molecule has 2 aromatic rings. The Hall–Kier alpha value is -2.35. The Labute approximate surface area is 227 Å². The molecule has 214 valence electrons. The molecule has 0 amide bonds. The van der Waals surface area contributed by atoms with Gasteiger partial charge in [0.2, 0.25) is 11.6 Å². The largest absolute Gasteiger partial charge is 0.450 e. The first-order valence-corrected chi connectivity index (χ1v) is 14.4. The highest BCUT2D eigenvalue weighted by Gasteiger charge is 2.45. The summed E-state index contributed by atoms with van der Waals surface area (Å²) in [7, 11) is 0. The lowest BCUT2D eigenvalue weighted by molar-refractivity contribution is -0.224. The molecular weight excluding hydrogens is 515 g/mol. The third kappa shape index (κ3) is 5.77. The standard InChI is InChI=1S/C31H37F5O3/c1-3-5-18-7-11-22(12-8-18)31(35,36)39-25-16-21-15-19-10-14-24(20-9-13-23(6-4-2)37-17-20)26(32)29(19)38-30(21)28(34)27(25)33/h10,14,16,18,20,22-23H,3-9,11-13,15,17H2,1-2H3. The summed E-state index contributed by atoms with van der Waals surface area (Å²) < 4.78 is 92.1. The number of rotatable bonds is 8. The van der Waals surface area contributed by atoms with Crippen LogP contribution in [0.3, 0.4) is 0 Å². The van der Waals surface area contributed by atoms with E-state index in [0.29, 0.717) is 36.5 Å². The number of hydrogen-bond donors (Lipinski definition) is 0. The van der Waals surface area contributed by atoms with Gasteiger partial charge < -0.3 is 14.2 Å². The van der Waals surface area contributed by atoms with E-state index >= 15 is 17.6 Å². The Kier molecular flexibility index (Phi) is 8.41. The van der Waals surface area contributed by atoms with Crippen LogP contribution >= 0.6 is 0 Å². The van der Waals surface area contributed by atoms with Gasteiger partial charge in [-0.15, -0.1) is 0 Å². The summed E-state index contributed by atoms with van der Waals surface area (Å²) in [4.78, 5) is 0. The molecule has 2 heterocycles. The minimum atomic E-state index is -3.63. The summed E-state index contributed by atoms with van der Waals surface area (Å²) in [6.07, 6.45) is 4.00. The molecule has 1 saturated carbocycles. The molecule has 3 aliphatic rings. The van der Waals surface area contributed by atoms with Gasteiger partial charge in [0.05, 0.1) is 18.6 Å². The lowest BCUT2D eigenvalue weighted by atomic mass is 9.79. The Morgan fingerprint density at radius 2 is 1.56 bits per heavy atom. The summed E-state index contributed by atoms with van der Waals surface area (Å²) in [6.45, 7) is 4.55. The highest BCUT2D eigenvalue weighted by atomic mass is 19.3. The van der Waals surface area contributed by atoms with Crippen LogP contribution in [0.1, 0.15) is 101 Å². The number of hydrogen-bond acceptors (Lipinski definition) is 3. The molecule has 0 radical (unpaired) electrons. The van der Waals surface area contributed by atoms with Crippen molar-refractivity contribution < 1.29 is 36.2 Å². The van der Waals surface area contributed by atoms with E-state index in [0.717, 1.165) is 44.6 Å². The molecule has 0 aromatic heterocycles. The van der Waals surface area contributed by atoms with Crippen molar-refractivity contribution in [1.82, 2.24) is 0 Å². The predicted octanol–water partition coefficient (Wildman–Crippen LogP) is 9.44. The topological polar surface area (TPSA) is 27.7 Å². The molecule has 3 nitrogen and oxygen atoms in total. The lowest BCUT2D eigenvalue weighted by Crippen LogP contribution is -2.37. The van der Waals surface area contributed by atoms with E-state index in [1.54, 1.807) is 12.1 Å². The van der Waals surface area contributed by atoms with Crippen molar-refractivity contribution in [3.8, 4) is 17.2 Å². The van der Waals surface area contributed by atoms with Gasteiger partial charge in [-0.25, -0.2) is 4.39 Å². The van der Waals surface area contributed by atoms with Crippen molar-refractivity contribution in [2.75, 3.05) is 6.61 Å². The Balaban J connectivity index is 1.33. The van der Waals surface area contributed by atoms with E-state index in [1.807, 2.05) is 0 Å². The Morgan fingerprint density at radius 3 is 2.23 bits per heavy atom. The van der Waals surface area contributed by atoms with Gasteiger partial charge in [0.15, 0.2) is 23.1 Å². The maximum atomic E-state index is 15.6. The fourth-order valence-corrected chi connectivity index (χ4v) is 6.46. The number of ether oxygens (including phenoxy) is 3. The average Bonchev–Trinajstić information content (AvgIpc) is 2.92. The molecule has 2 aromatic carbocycles. The second kappa shape index (κ2) is 11.6. The first kappa shape index (κ1) is 28.2. The maximum absolute atomic E-state index is 15.6. The van der Waals surface area contributed by atoms with E-state index in [9.17, 15) is 4.39 Å². The van der Waals surface area contributed by atoms with Crippen LogP contribution < -0.4 is 9.47 Å². The molecule has 5 rings (SSSR count). The summed E-state index contributed by atoms with van der Waals surface area (Å²) in [5.41, 5.74) is 0.984. The zero-order chi connectivity index (χ0) is 27.7. The fraction of sp³-hybridized carbons (Fsp3) is 0.613. The van der Waals surface area contributed by atoms with Gasteiger partial charge in [-0.2, -0.15) is 17.6 Å². The van der Waals surface area contributed by atoms with Crippen LogP contribution in [-0.4, -0.2) is 18.8 Å². The quantitative estimate of drug-likeness (QED) is 0.261. The molecular formula is C31H37F5O3. The van der Waals surface area contributed by atoms with Crippen molar-refractivity contribution in [3.05, 3.63) is 52.3 Å². The second-order valence-corrected chi connectivity index (χ2v) is 11.4. The first-order valence-electron chi connectivity index (χ1n) is 14.4. The molecule has 2 fully saturated rings. The summed E-state index contributed by atoms with van der Waals surface area (Å²) in [5.74, 6) is -5.93. The molecule has 2 aliphatic heterocycles. The highest BCUT2D eigenvalue weighted by Crippen LogP contribution is 2.47. The number of alkyl halides is 2. The van der Waals surface area contributed by atoms with Crippen LogP contribution in [-0.2, 0) is 11.2 Å². The van der Waals surface area contributed by atoms with Gasteiger partial charge in [0, 0.05) is 23.5 Å². The molecule has 0 bridgehead atoms. The normalized spacial score (nSPS) is 25.0. The summed E-state index contributed by atoms with van der Waals surface area (Å²) >= 11 is 0. The van der Waals surface area contributed by atoms with Gasteiger partial charge >= 0.3 is 6.11 Å². The van der Waals surface area contributed by atoms with Crippen molar-refractivity contribution in [2.24, 2.45) is 11.8 Å². The molecule has 8 heteroatoms. The molecule has 0 N–H and O–H groups in total. The maximum Gasteiger partial charge on any atom is 0.400 e. The van der Waals surface area contributed by atoms with Crippen LogP contribution in [0, 0.1) is 29.3 Å². The smallest absolute Gasteiger partial charge is 0.400 e. The van der Waals surface area contributed by atoms with Gasteiger partial charge in [-0.3, -0.25) is 0 Å².